The molecule has 17 heavy (non-hydrogen) atoms. The lowest BCUT2D eigenvalue weighted by Crippen LogP contribution is -2.58. The summed E-state index contributed by atoms with van der Waals surface area (Å²) in [5.41, 5.74) is 0.923. The van der Waals surface area contributed by atoms with Gasteiger partial charge in [0, 0.05) is 21.1 Å². The van der Waals surface area contributed by atoms with Crippen molar-refractivity contribution in [3.05, 3.63) is 35.9 Å². The Hall–Kier alpha value is -2.04. The maximum atomic E-state index is 11.9. The summed E-state index contributed by atoms with van der Waals surface area (Å²) in [6.07, 6.45) is -0.340. The summed E-state index contributed by atoms with van der Waals surface area (Å²) in [5.74, 6) is 0. The third-order valence-electron chi connectivity index (χ3n) is 3.01. The lowest BCUT2D eigenvalue weighted by Gasteiger charge is -2.43. The molecule has 1 aliphatic heterocycles. The minimum absolute atomic E-state index is 0.290. The lowest BCUT2D eigenvalue weighted by atomic mass is 10.1. The molecule has 1 heterocycles. The molecule has 2 rings (SSSR count). The first-order valence-corrected chi connectivity index (χ1v) is 5.36. The quantitative estimate of drug-likeness (QED) is 0.741. The van der Waals surface area contributed by atoms with E-state index in [2.05, 4.69) is 0 Å². The number of carbonyl (C=O) groups is 2. The monoisotopic (exact) mass is 233 g/mol. The molecule has 0 atom stereocenters. The summed E-state index contributed by atoms with van der Waals surface area (Å²) in [6.45, 7) is 0. The van der Waals surface area contributed by atoms with Crippen LogP contribution in [0.5, 0.6) is 0 Å². The van der Waals surface area contributed by atoms with Crippen molar-refractivity contribution in [2.24, 2.45) is 0 Å². The maximum absolute atomic E-state index is 11.9. The predicted molar refractivity (Wildman–Crippen MR) is 63.3 cm³/mol. The predicted octanol–water partition coefficient (Wildman–Crippen LogP) is 1.73. The van der Waals surface area contributed by atoms with E-state index >= 15 is 0 Å². The van der Waals surface area contributed by atoms with Crippen molar-refractivity contribution in [1.82, 2.24) is 14.7 Å². The van der Waals surface area contributed by atoms with Crippen molar-refractivity contribution in [3.63, 3.8) is 0 Å². The van der Waals surface area contributed by atoms with Crippen molar-refractivity contribution in [2.75, 3.05) is 21.1 Å². The number of amides is 4. The van der Waals surface area contributed by atoms with Crippen LogP contribution in [-0.2, 0) is 0 Å². The van der Waals surface area contributed by atoms with Gasteiger partial charge in [0.15, 0.2) is 0 Å². The first kappa shape index (κ1) is 11.4. The first-order chi connectivity index (χ1) is 8.04. The van der Waals surface area contributed by atoms with Gasteiger partial charge < -0.3 is 9.80 Å². The summed E-state index contributed by atoms with van der Waals surface area (Å²) in [7, 11) is 4.87. The van der Waals surface area contributed by atoms with Crippen LogP contribution in [0.2, 0.25) is 0 Å². The second kappa shape index (κ2) is 4.08. The minimum Gasteiger partial charge on any atom is -0.302 e. The third-order valence-corrected chi connectivity index (χ3v) is 3.01. The zero-order chi connectivity index (χ0) is 12.6. The minimum atomic E-state index is -0.340. The standard InChI is InChI=1S/C12H15N3O2/c1-13-10(9-7-5-4-6-8-9)14(2)12(17)15(3)11(13)16/h4-8,10H,1-3H3. The zero-order valence-electron chi connectivity index (χ0n) is 10.1. The molecule has 0 aliphatic carbocycles. The fourth-order valence-electron chi connectivity index (χ4n) is 2.10. The Kier molecular flexibility index (Phi) is 2.75. The normalized spacial score (nSPS) is 17.9. The third kappa shape index (κ3) is 1.73. The van der Waals surface area contributed by atoms with E-state index in [1.165, 1.54) is 7.05 Å². The summed E-state index contributed by atoms with van der Waals surface area (Å²) in [4.78, 5) is 28.0. The fourth-order valence-corrected chi connectivity index (χ4v) is 2.10. The van der Waals surface area contributed by atoms with E-state index in [4.69, 9.17) is 0 Å². The van der Waals surface area contributed by atoms with Gasteiger partial charge in [-0.2, -0.15) is 0 Å². The van der Waals surface area contributed by atoms with Gasteiger partial charge in [0.25, 0.3) is 0 Å². The van der Waals surface area contributed by atoms with E-state index in [0.29, 0.717) is 0 Å². The van der Waals surface area contributed by atoms with E-state index in [0.717, 1.165) is 10.5 Å². The molecular formula is C12H15N3O2. The molecule has 5 nitrogen and oxygen atoms in total. The first-order valence-electron chi connectivity index (χ1n) is 5.36. The molecule has 0 bridgehead atoms. The van der Waals surface area contributed by atoms with E-state index in [-0.39, 0.29) is 18.2 Å². The number of carbonyl (C=O) groups excluding carboxylic acids is 2. The molecule has 1 saturated heterocycles. The Labute approximate surface area is 100 Å². The number of urea groups is 2. The van der Waals surface area contributed by atoms with Gasteiger partial charge in [-0.25, -0.2) is 14.5 Å². The highest BCUT2D eigenvalue weighted by Gasteiger charge is 2.38. The molecule has 0 aromatic heterocycles. The van der Waals surface area contributed by atoms with Crippen LogP contribution in [0.1, 0.15) is 11.7 Å². The summed E-state index contributed by atoms with van der Waals surface area (Å²) < 4.78 is 0. The van der Waals surface area contributed by atoms with Gasteiger partial charge in [0.1, 0.15) is 6.17 Å². The average molecular weight is 233 g/mol. The van der Waals surface area contributed by atoms with Crippen molar-refractivity contribution in [1.29, 1.82) is 0 Å². The van der Waals surface area contributed by atoms with Crippen LogP contribution in [0, 0.1) is 0 Å². The largest absolute Gasteiger partial charge is 0.329 e. The van der Waals surface area contributed by atoms with Gasteiger partial charge in [0.05, 0.1) is 0 Å². The van der Waals surface area contributed by atoms with Crippen molar-refractivity contribution in [2.45, 2.75) is 6.17 Å². The number of benzene rings is 1. The number of imide groups is 1. The molecule has 0 spiro atoms. The van der Waals surface area contributed by atoms with Crippen molar-refractivity contribution < 1.29 is 9.59 Å². The molecule has 0 saturated carbocycles. The summed E-state index contributed by atoms with van der Waals surface area (Å²) >= 11 is 0. The van der Waals surface area contributed by atoms with Crippen LogP contribution >= 0.6 is 0 Å². The zero-order valence-corrected chi connectivity index (χ0v) is 10.1. The molecular weight excluding hydrogens is 218 g/mol. The van der Waals surface area contributed by atoms with Crippen LogP contribution < -0.4 is 0 Å². The van der Waals surface area contributed by atoms with Crippen molar-refractivity contribution in [3.8, 4) is 0 Å². The second-order valence-electron chi connectivity index (χ2n) is 4.13. The van der Waals surface area contributed by atoms with Gasteiger partial charge in [-0.3, -0.25) is 0 Å². The molecule has 0 unspecified atom stereocenters. The average Bonchev–Trinajstić information content (AvgIpc) is 2.36. The van der Waals surface area contributed by atoms with Gasteiger partial charge in [-0.15, -0.1) is 0 Å². The smallest absolute Gasteiger partial charge is 0.302 e. The van der Waals surface area contributed by atoms with E-state index in [9.17, 15) is 9.59 Å². The topological polar surface area (TPSA) is 43.9 Å². The maximum Gasteiger partial charge on any atom is 0.329 e. The van der Waals surface area contributed by atoms with E-state index < -0.39 is 0 Å². The van der Waals surface area contributed by atoms with Crippen LogP contribution in [-0.4, -0.2) is 47.9 Å². The fraction of sp³-hybridized carbons (Fsp3) is 0.333. The number of hydrogen-bond donors (Lipinski definition) is 0. The number of rotatable bonds is 1. The molecule has 1 aromatic carbocycles. The Morgan fingerprint density at radius 1 is 0.882 bits per heavy atom. The van der Waals surface area contributed by atoms with Crippen molar-refractivity contribution >= 4 is 12.1 Å². The Bertz CT molecular complexity index is 424. The van der Waals surface area contributed by atoms with Gasteiger partial charge in [0.2, 0.25) is 0 Å². The molecule has 5 heteroatoms. The molecule has 90 valence electrons. The van der Waals surface area contributed by atoms with Crippen LogP contribution in [0.4, 0.5) is 9.59 Å². The van der Waals surface area contributed by atoms with Crippen LogP contribution in [0.15, 0.2) is 30.3 Å². The highest BCUT2D eigenvalue weighted by Crippen LogP contribution is 2.28. The van der Waals surface area contributed by atoms with Crippen LogP contribution in [0.25, 0.3) is 0 Å². The van der Waals surface area contributed by atoms with Gasteiger partial charge in [-0.1, -0.05) is 30.3 Å². The number of hydrogen-bond acceptors (Lipinski definition) is 2. The SMILES string of the molecule is CN1C(=O)N(C)C(c2ccccc2)N(C)C1=O. The Morgan fingerprint density at radius 2 is 1.35 bits per heavy atom. The second-order valence-corrected chi connectivity index (χ2v) is 4.13. The highest BCUT2D eigenvalue weighted by atomic mass is 16.2. The number of nitrogens with zero attached hydrogens (tertiary/aromatic N) is 3. The molecule has 1 aromatic rings. The lowest BCUT2D eigenvalue weighted by molar-refractivity contribution is 0.0603. The highest BCUT2D eigenvalue weighted by molar-refractivity contribution is 5.95. The Morgan fingerprint density at radius 3 is 1.82 bits per heavy atom. The Balaban J connectivity index is 2.40. The molecule has 1 aliphatic rings. The van der Waals surface area contributed by atoms with Gasteiger partial charge in [-0.05, 0) is 5.56 Å². The van der Waals surface area contributed by atoms with E-state index in [1.54, 1.807) is 23.9 Å². The van der Waals surface area contributed by atoms with Crippen LogP contribution in [0.3, 0.4) is 0 Å². The molecule has 0 radical (unpaired) electrons. The molecule has 1 fully saturated rings. The molecule has 4 amide bonds. The summed E-state index contributed by atoms with van der Waals surface area (Å²) in [6, 6.07) is 8.92. The summed E-state index contributed by atoms with van der Waals surface area (Å²) in [5, 5.41) is 0. The van der Waals surface area contributed by atoms with E-state index in [1.807, 2.05) is 30.3 Å². The van der Waals surface area contributed by atoms with Gasteiger partial charge >= 0.3 is 12.1 Å². The molecule has 0 N–H and O–H groups in total.